The molecule has 0 bridgehead atoms. The van der Waals surface area contributed by atoms with Gasteiger partial charge in [0, 0.05) is 0 Å². The summed E-state index contributed by atoms with van der Waals surface area (Å²) in [4.78, 5) is 0. The third kappa shape index (κ3) is 32.4. The molecule has 0 nitrogen and oxygen atoms in total. The Morgan fingerprint density at radius 2 is 0.714 bits per heavy atom. The minimum atomic E-state index is -1.69. The minimum absolute atomic E-state index is 0. The molecule has 7 heteroatoms. The maximum Gasteiger partial charge on any atom is 1.00 e. The third-order valence-corrected chi connectivity index (χ3v) is 0. The van der Waals surface area contributed by atoms with E-state index in [1.54, 1.807) is 0 Å². The van der Waals surface area contributed by atoms with E-state index in [0.717, 1.165) is 0 Å². The molecule has 0 heterocycles. The van der Waals surface area contributed by atoms with Crippen molar-refractivity contribution in [1.29, 1.82) is 0 Å². The Morgan fingerprint density at radius 3 is 0.714 bits per heavy atom. The van der Waals surface area contributed by atoms with Gasteiger partial charge in [0.1, 0.15) is 0 Å². The van der Waals surface area contributed by atoms with Gasteiger partial charge in [0.2, 0.25) is 0 Å². The molecule has 0 saturated carbocycles. The van der Waals surface area contributed by atoms with E-state index in [2.05, 4.69) is 53.2 Å². The van der Waals surface area contributed by atoms with Crippen molar-refractivity contribution in [3.63, 3.8) is 0 Å². The molecule has 0 aliphatic carbocycles. The number of rotatable bonds is 0. The molecular weight excluding hydrogens is 781 g/mol. The molecule has 0 rings (SSSR count). The van der Waals surface area contributed by atoms with Crippen molar-refractivity contribution >= 4 is 53.2 Å². The van der Waals surface area contributed by atoms with E-state index < -0.39 is 7.84 Å². The van der Waals surface area contributed by atoms with Crippen LogP contribution in [0, 0.1) is 0 Å². The van der Waals surface area contributed by atoms with E-state index in [4.69, 9.17) is 0 Å². The topological polar surface area (TPSA) is 0 Å². The zero-order valence-corrected chi connectivity index (χ0v) is 25.0. The first kappa shape index (κ1) is 19.3. The Bertz CT molecular complexity index is 25.2. The summed E-state index contributed by atoms with van der Waals surface area (Å²) in [6, 6.07) is 0. The summed E-state index contributed by atoms with van der Waals surface area (Å²) < 4.78 is 0. The molecule has 0 aromatic heterocycles. The Morgan fingerprint density at radius 1 is 0.714 bits per heavy atom. The Labute approximate surface area is 190 Å². The zero-order valence-electron chi connectivity index (χ0n) is 3.83. The molecule has 0 amide bonds. The van der Waals surface area contributed by atoms with Crippen LogP contribution in [0.2, 0.25) is 0 Å². The van der Waals surface area contributed by atoms with Crippen LogP contribution in [0.25, 0.3) is 0 Å². The second-order valence-electron chi connectivity index (χ2n) is 0.271. The first-order chi connectivity index (χ1) is 2.00. The third-order valence-electron chi connectivity index (χ3n) is 0. The van der Waals surface area contributed by atoms with Crippen LogP contribution < -0.4 is 138 Å². The van der Waals surface area contributed by atoms with E-state index in [-0.39, 0.29) is 138 Å². The molecular formula is Br4Cs2Pt. The molecule has 0 aromatic carbocycles. The quantitative estimate of drug-likeness (QED) is 0.253. The molecule has 0 atom stereocenters. The largest absolute Gasteiger partial charge is 1.00 e. The standard InChI is InChI=1S/4BrH.2Cs.Pt/h4*1H;;;/q;;;;2*+1;+2/p-4. The van der Waals surface area contributed by atoms with Crippen LogP contribution in [0.5, 0.6) is 0 Å². The van der Waals surface area contributed by atoms with E-state index >= 15 is 0 Å². The van der Waals surface area contributed by atoms with Gasteiger partial charge in [-0.1, -0.05) is 0 Å². The van der Waals surface area contributed by atoms with Crippen LogP contribution in [-0.2, 0) is 7.84 Å². The predicted molar refractivity (Wildman–Crippen MR) is 35.7 cm³/mol. The van der Waals surface area contributed by atoms with Crippen LogP contribution >= 0.6 is 53.2 Å². The molecule has 0 N–H and O–H groups in total. The summed E-state index contributed by atoms with van der Waals surface area (Å²) in [7, 11) is -1.69. The fourth-order valence-corrected chi connectivity index (χ4v) is 0. The van der Waals surface area contributed by atoms with Crippen LogP contribution in [-0.4, -0.2) is 0 Å². The summed E-state index contributed by atoms with van der Waals surface area (Å²) in [5, 5.41) is 0. The molecule has 0 fully saturated rings. The average molecular weight is 781 g/mol. The molecule has 7 heavy (non-hydrogen) atoms. The second-order valence-corrected chi connectivity index (χ2v) is 59.9. The van der Waals surface area contributed by atoms with E-state index in [0.29, 0.717) is 0 Å². The molecule has 0 aliphatic heterocycles. The molecule has 0 unspecified atom stereocenters. The maximum absolute atomic E-state index is 3.31. The van der Waals surface area contributed by atoms with Crippen LogP contribution in [0.1, 0.15) is 0 Å². The molecule has 0 spiro atoms. The van der Waals surface area contributed by atoms with Gasteiger partial charge >= 0.3 is 199 Å². The van der Waals surface area contributed by atoms with Crippen molar-refractivity contribution < 1.29 is 146 Å². The predicted octanol–water partition coefficient (Wildman–Crippen LogP) is -2.61. The van der Waals surface area contributed by atoms with Gasteiger partial charge in [0.25, 0.3) is 0 Å². The maximum atomic E-state index is 3.31. The van der Waals surface area contributed by atoms with Gasteiger partial charge in [0.15, 0.2) is 0 Å². The van der Waals surface area contributed by atoms with Crippen molar-refractivity contribution in [2.75, 3.05) is 0 Å². The van der Waals surface area contributed by atoms with Crippen LogP contribution in [0.4, 0.5) is 0 Å². The molecule has 0 radical (unpaired) electrons. The zero-order chi connectivity index (χ0) is 4.50. The van der Waals surface area contributed by atoms with E-state index in [1.807, 2.05) is 0 Å². The average Bonchev–Trinajstić information content (AvgIpc) is 0.722. The minimum Gasteiger partial charge on any atom is 1.00 e. The smallest absolute Gasteiger partial charge is 1.00 e. The van der Waals surface area contributed by atoms with Gasteiger partial charge in [-0.2, -0.15) is 0 Å². The van der Waals surface area contributed by atoms with E-state index in [9.17, 15) is 0 Å². The van der Waals surface area contributed by atoms with Gasteiger partial charge in [-0.25, -0.2) is 0 Å². The van der Waals surface area contributed by atoms with Crippen LogP contribution in [0.15, 0.2) is 0 Å². The fraction of sp³-hybridized carbons (Fsp3) is 0. The van der Waals surface area contributed by atoms with Gasteiger partial charge in [-0.15, -0.1) is 0 Å². The fourth-order valence-electron chi connectivity index (χ4n) is 0. The number of hydrogen-bond acceptors (Lipinski definition) is 0. The SMILES string of the molecule is [Br][Pt-2]([Br])([Br])[Br].[Cs+].[Cs+]. The molecule has 0 aliphatic rings. The Hall–Kier alpha value is 6.71. The second kappa shape index (κ2) is 10.8. The van der Waals surface area contributed by atoms with Crippen LogP contribution in [0.3, 0.4) is 0 Å². The van der Waals surface area contributed by atoms with Crippen molar-refractivity contribution in [3.8, 4) is 0 Å². The van der Waals surface area contributed by atoms with Gasteiger partial charge < -0.3 is 0 Å². The van der Waals surface area contributed by atoms with E-state index in [1.165, 1.54) is 0 Å². The summed E-state index contributed by atoms with van der Waals surface area (Å²) in [5.74, 6) is 0. The summed E-state index contributed by atoms with van der Waals surface area (Å²) in [5.41, 5.74) is 0. The first-order valence-electron chi connectivity index (χ1n) is 0.478. The Kier molecular flexibility index (Phi) is 29.8. The first-order valence-corrected chi connectivity index (χ1v) is 20.3. The number of halogens is 4. The monoisotopic (exact) mass is 776 g/mol. The molecule has 0 saturated heterocycles. The van der Waals surface area contributed by atoms with Gasteiger partial charge in [-0.3, -0.25) is 0 Å². The van der Waals surface area contributed by atoms with Gasteiger partial charge in [0.05, 0.1) is 0 Å². The summed E-state index contributed by atoms with van der Waals surface area (Å²) in [6.45, 7) is 0. The number of hydrogen-bond donors (Lipinski definition) is 0. The summed E-state index contributed by atoms with van der Waals surface area (Å²) in [6.07, 6.45) is 0. The molecule has 40 valence electrons. The van der Waals surface area contributed by atoms with Crippen molar-refractivity contribution in [1.82, 2.24) is 0 Å². The van der Waals surface area contributed by atoms with Crippen molar-refractivity contribution in [2.24, 2.45) is 0 Å². The summed E-state index contributed by atoms with van der Waals surface area (Å²) >= 11 is 13.2. The Balaban J connectivity index is -0.0000000800. The van der Waals surface area contributed by atoms with Crippen molar-refractivity contribution in [3.05, 3.63) is 0 Å². The van der Waals surface area contributed by atoms with Gasteiger partial charge in [-0.05, 0) is 0 Å². The molecule has 0 aromatic rings. The van der Waals surface area contributed by atoms with Crippen molar-refractivity contribution in [2.45, 2.75) is 0 Å². The normalized spacial score (nSPS) is 10.9.